The van der Waals surface area contributed by atoms with Gasteiger partial charge in [0.15, 0.2) is 9.84 Å². The average molecular weight is 466 g/mol. The quantitative estimate of drug-likeness (QED) is 0.444. The Morgan fingerprint density at radius 3 is 2.31 bits per heavy atom. The van der Waals surface area contributed by atoms with Crippen molar-refractivity contribution in [3.8, 4) is 16.9 Å². The lowest BCUT2D eigenvalue weighted by molar-refractivity contribution is -0.115. The molecule has 0 spiro atoms. The second-order valence-electron chi connectivity index (χ2n) is 7.28. The van der Waals surface area contributed by atoms with Crippen LogP contribution >= 0.6 is 11.6 Å². The van der Waals surface area contributed by atoms with Crippen LogP contribution in [0.25, 0.3) is 16.9 Å². The van der Waals surface area contributed by atoms with Crippen LogP contribution in [0.1, 0.15) is 5.56 Å². The van der Waals surface area contributed by atoms with Crippen molar-refractivity contribution in [1.29, 1.82) is 0 Å². The first kappa shape index (κ1) is 21.8. The Bertz CT molecular complexity index is 1370. The highest BCUT2D eigenvalue weighted by molar-refractivity contribution is 7.90. The molecule has 8 heteroatoms. The van der Waals surface area contributed by atoms with E-state index in [0.29, 0.717) is 16.3 Å². The van der Waals surface area contributed by atoms with Gasteiger partial charge < -0.3 is 5.32 Å². The van der Waals surface area contributed by atoms with E-state index in [1.54, 1.807) is 41.2 Å². The van der Waals surface area contributed by atoms with Crippen molar-refractivity contribution in [1.82, 2.24) is 9.78 Å². The molecule has 0 aliphatic rings. The van der Waals surface area contributed by atoms with Gasteiger partial charge in [-0.1, -0.05) is 54.1 Å². The van der Waals surface area contributed by atoms with Gasteiger partial charge in [0.05, 0.1) is 28.4 Å². The van der Waals surface area contributed by atoms with E-state index in [1.807, 2.05) is 42.5 Å². The number of amides is 1. The summed E-state index contributed by atoms with van der Waals surface area (Å²) in [6.45, 7) is 0. The minimum absolute atomic E-state index is 0.0168. The van der Waals surface area contributed by atoms with Gasteiger partial charge >= 0.3 is 0 Å². The lowest BCUT2D eigenvalue weighted by Gasteiger charge is -2.09. The Morgan fingerprint density at radius 1 is 0.969 bits per heavy atom. The van der Waals surface area contributed by atoms with Crippen LogP contribution in [-0.2, 0) is 21.1 Å². The molecule has 1 N–H and O–H groups in total. The van der Waals surface area contributed by atoms with E-state index in [4.69, 9.17) is 16.7 Å². The molecule has 162 valence electrons. The fourth-order valence-electron chi connectivity index (χ4n) is 3.36. The standard InChI is InChI=1S/C24H20ClN3O3S/c1-32(30,31)22-10-6-5-9-21(22)26-23(29)15-18-16-28(20-7-3-2-4-8-20)27-24(18)17-11-13-19(25)14-12-17/h2-14,16H,15H2,1H3,(H,26,29). The van der Waals surface area contributed by atoms with Crippen molar-refractivity contribution in [2.45, 2.75) is 11.3 Å². The summed E-state index contributed by atoms with van der Waals surface area (Å²) in [5.41, 5.74) is 3.28. The van der Waals surface area contributed by atoms with Crippen molar-refractivity contribution in [3.63, 3.8) is 0 Å². The number of halogens is 1. The molecule has 1 amide bonds. The van der Waals surface area contributed by atoms with Gasteiger partial charge in [-0.15, -0.1) is 0 Å². The molecular weight excluding hydrogens is 446 g/mol. The Hall–Kier alpha value is -3.42. The third-order valence-corrected chi connectivity index (χ3v) is 6.25. The highest BCUT2D eigenvalue weighted by Crippen LogP contribution is 2.27. The number of hydrogen-bond acceptors (Lipinski definition) is 4. The molecule has 0 atom stereocenters. The van der Waals surface area contributed by atoms with Crippen LogP contribution in [0.4, 0.5) is 5.69 Å². The summed E-state index contributed by atoms with van der Waals surface area (Å²) in [6.07, 6.45) is 2.94. The molecule has 32 heavy (non-hydrogen) atoms. The number of rotatable bonds is 6. The smallest absolute Gasteiger partial charge is 0.228 e. The second-order valence-corrected chi connectivity index (χ2v) is 9.70. The van der Waals surface area contributed by atoms with E-state index in [0.717, 1.165) is 17.5 Å². The van der Waals surface area contributed by atoms with Crippen LogP contribution < -0.4 is 5.32 Å². The van der Waals surface area contributed by atoms with Crippen LogP contribution in [0.5, 0.6) is 0 Å². The maximum absolute atomic E-state index is 12.9. The summed E-state index contributed by atoms with van der Waals surface area (Å²) in [7, 11) is -3.48. The third kappa shape index (κ3) is 4.90. The van der Waals surface area contributed by atoms with Crippen LogP contribution in [0, 0.1) is 0 Å². The van der Waals surface area contributed by atoms with Gasteiger partial charge in [-0.3, -0.25) is 4.79 Å². The molecule has 3 aromatic carbocycles. The zero-order valence-corrected chi connectivity index (χ0v) is 18.8. The van der Waals surface area contributed by atoms with Gasteiger partial charge in [-0.05, 0) is 36.4 Å². The highest BCUT2D eigenvalue weighted by atomic mass is 35.5. The highest BCUT2D eigenvalue weighted by Gasteiger charge is 2.18. The number of benzene rings is 3. The van der Waals surface area contributed by atoms with E-state index in [1.165, 1.54) is 6.07 Å². The molecule has 0 saturated heterocycles. The van der Waals surface area contributed by atoms with Crippen molar-refractivity contribution in [2.24, 2.45) is 0 Å². The second kappa shape index (κ2) is 8.98. The maximum atomic E-state index is 12.9. The molecule has 0 fully saturated rings. The Morgan fingerprint density at radius 2 is 1.62 bits per heavy atom. The molecule has 4 aromatic rings. The number of para-hydroxylation sites is 2. The average Bonchev–Trinajstić information content (AvgIpc) is 3.18. The monoisotopic (exact) mass is 465 g/mol. The van der Waals surface area contributed by atoms with Gasteiger partial charge in [0.2, 0.25) is 5.91 Å². The third-order valence-electron chi connectivity index (χ3n) is 4.84. The van der Waals surface area contributed by atoms with Gasteiger partial charge in [-0.25, -0.2) is 13.1 Å². The molecule has 6 nitrogen and oxygen atoms in total. The van der Waals surface area contributed by atoms with Crippen molar-refractivity contribution < 1.29 is 13.2 Å². The number of aromatic nitrogens is 2. The minimum Gasteiger partial charge on any atom is -0.325 e. The number of carbonyl (C=O) groups is 1. The zero-order valence-electron chi connectivity index (χ0n) is 17.2. The predicted octanol–water partition coefficient (Wildman–Crippen LogP) is 4.78. The molecule has 1 aromatic heterocycles. The predicted molar refractivity (Wildman–Crippen MR) is 126 cm³/mol. The van der Waals surface area contributed by atoms with Gasteiger partial charge in [0.25, 0.3) is 0 Å². The van der Waals surface area contributed by atoms with E-state index < -0.39 is 9.84 Å². The summed E-state index contributed by atoms with van der Waals surface area (Å²) in [4.78, 5) is 13.0. The molecule has 0 aliphatic heterocycles. The largest absolute Gasteiger partial charge is 0.325 e. The van der Waals surface area contributed by atoms with Crippen molar-refractivity contribution >= 4 is 33.0 Å². The topological polar surface area (TPSA) is 81.1 Å². The summed E-state index contributed by atoms with van der Waals surface area (Å²) in [6, 6.07) is 23.2. The fraction of sp³-hybridized carbons (Fsp3) is 0.0833. The zero-order chi connectivity index (χ0) is 22.7. The lowest BCUT2D eigenvalue weighted by Crippen LogP contribution is -2.16. The molecular formula is C24H20ClN3O3S. The fourth-order valence-corrected chi connectivity index (χ4v) is 4.33. The van der Waals surface area contributed by atoms with E-state index >= 15 is 0 Å². The summed E-state index contributed by atoms with van der Waals surface area (Å²) < 4.78 is 25.8. The first-order valence-electron chi connectivity index (χ1n) is 9.80. The normalized spacial score (nSPS) is 11.3. The Balaban J connectivity index is 1.68. The van der Waals surface area contributed by atoms with E-state index in [9.17, 15) is 13.2 Å². The maximum Gasteiger partial charge on any atom is 0.228 e. The van der Waals surface area contributed by atoms with E-state index in [-0.39, 0.29) is 22.9 Å². The minimum atomic E-state index is -3.48. The number of anilines is 1. The summed E-state index contributed by atoms with van der Waals surface area (Å²) in [5, 5.41) is 8.03. The Kier molecular flexibility index (Phi) is 6.12. The molecule has 1 heterocycles. The first-order chi connectivity index (χ1) is 15.3. The summed E-state index contributed by atoms with van der Waals surface area (Å²) >= 11 is 6.03. The van der Waals surface area contributed by atoms with Crippen LogP contribution in [-0.4, -0.2) is 30.4 Å². The van der Waals surface area contributed by atoms with Gasteiger partial charge in [0, 0.05) is 28.6 Å². The lowest BCUT2D eigenvalue weighted by atomic mass is 10.1. The van der Waals surface area contributed by atoms with Crippen LogP contribution in [0.3, 0.4) is 0 Å². The SMILES string of the molecule is CS(=O)(=O)c1ccccc1NC(=O)Cc1cn(-c2ccccc2)nc1-c1ccc(Cl)cc1. The summed E-state index contributed by atoms with van der Waals surface area (Å²) in [5.74, 6) is -0.344. The van der Waals surface area contributed by atoms with Gasteiger partial charge in [-0.2, -0.15) is 5.10 Å². The number of carbonyl (C=O) groups excluding carboxylic acids is 1. The number of sulfone groups is 1. The van der Waals surface area contributed by atoms with Crippen molar-refractivity contribution in [2.75, 3.05) is 11.6 Å². The molecule has 0 saturated carbocycles. The molecule has 0 aliphatic carbocycles. The molecule has 0 bridgehead atoms. The first-order valence-corrected chi connectivity index (χ1v) is 12.1. The Labute approximate surface area is 191 Å². The number of hydrogen-bond donors (Lipinski definition) is 1. The molecule has 4 rings (SSSR count). The van der Waals surface area contributed by atoms with Crippen LogP contribution in [0.2, 0.25) is 5.02 Å². The molecule has 0 radical (unpaired) electrons. The molecule has 0 unspecified atom stereocenters. The van der Waals surface area contributed by atoms with Gasteiger partial charge in [0.1, 0.15) is 0 Å². The van der Waals surface area contributed by atoms with E-state index in [2.05, 4.69) is 5.32 Å². The number of nitrogens with one attached hydrogen (secondary N) is 1. The van der Waals surface area contributed by atoms with Crippen LogP contribution in [0.15, 0.2) is 90.0 Å². The van der Waals surface area contributed by atoms with Crippen molar-refractivity contribution in [3.05, 3.63) is 95.6 Å². The number of nitrogens with zero attached hydrogens (tertiary/aromatic N) is 2.